The van der Waals surface area contributed by atoms with Crippen molar-refractivity contribution in [1.29, 1.82) is 0 Å². The van der Waals surface area contributed by atoms with Crippen LogP contribution in [0.1, 0.15) is 17.7 Å². The Morgan fingerprint density at radius 2 is 1.93 bits per heavy atom. The van der Waals surface area contributed by atoms with E-state index < -0.39 is 12.7 Å². The molecule has 0 bridgehead atoms. The molecule has 2 aromatic heterocycles. The van der Waals surface area contributed by atoms with Crippen molar-refractivity contribution in [2.24, 2.45) is 11.8 Å². The van der Waals surface area contributed by atoms with Crippen LogP contribution in [0.3, 0.4) is 0 Å². The SMILES string of the molecule is Nc1ncc(-c2cc([C@@H]3[C@@H]4CN(CC(F)(F)F)C[C@@H]43)n(C3COC3)n2)cc1Cl. The maximum Gasteiger partial charge on any atom is 0.401 e. The molecule has 0 spiro atoms. The second-order valence-corrected chi connectivity index (χ2v) is 8.25. The number of pyridine rings is 1. The minimum absolute atomic E-state index is 0.161. The van der Waals surface area contributed by atoms with Crippen molar-refractivity contribution in [3.05, 3.63) is 29.0 Å². The molecule has 2 aliphatic heterocycles. The zero-order chi connectivity index (χ0) is 19.6. The van der Waals surface area contributed by atoms with Gasteiger partial charge in [0, 0.05) is 36.5 Å². The number of likely N-dealkylation sites (tertiary alicyclic amines) is 1. The Kier molecular flexibility index (Phi) is 4.12. The fourth-order valence-corrected chi connectivity index (χ4v) is 4.65. The zero-order valence-corrected chi connectivity index (χ0v) is 15.6. The van der Waals surface area contributed by atoms with Crippen LogP contribution in [-0.4, -0.2) is 58.7 Å². The molecule has 28 heavy (non-hydrogen) atoms. The van der Waals surface area contributed by atoms with Crippen molar-refractivity contribution in [3.8, 4) is 11.3 Å². The number of piperidine rings is 1. The van der Waals surface area contributed by atoms with Crippen LogP contribution >= 0.6 is 11.6 Å². The molecular formula is C18H19ClF3N5O. The maximum atomic E-state index is 12.6. The molecule has 150 valence electrons. The minimum atomic E-state index is -4.15. The number of nitrogens with two attached hydrogens (primary N) is 1. The van der Waals surface area contributed by atoms with E-state index in [0.717, 1.165) is 17.0 Å². The summed E-state index contributed by atoms with van der Waals surface area (Å²) in [6, 6.07) is 3.91. The lowest BCUT2D eigenvalue weighted by molar-refractivity contribution is -0.144. The smallest absolute Gasteiger partial charge is 0.382 e. The highest BCUT2D eigenvalue weighted by Crippen LogP contribution is 2.59. The molecule has 0 amide bonds. The third-order valence-corrected chi connectivity index (χ3v) is 6.21. The summed E-state index contributed by atoms with van der Waals surface area (Å²) in [5.41, 5.74) is 8.27. The van der Waals surface area contributed by atoms with Crippen LogP contribution in [0.25, 0.3) is 11.3 Å². The summed E-state index contributed by atoms with van der Waals surface area (Å²) >= 11 is 6.09. The van der Waals surface area contributed by atoms with Crippen LogP contribution in [0.5, 0.6) is 0 Å². The number of rotatable bonds is 4. The monoisotopic (exact) mass is 413 g/mol. The number of hydrogen-bond donors (Lipinski definition) is 1. The number of hydrogen-bond acceptors (Lipinski definition) is 5. The van der Waals surface area contributed by atoms with Gasteiger partial charge >= 0.3 is 6.18 Å². The molecule has 3 aliphatic rings. The summed E-state index contributed by atoms with van der Waals surface area (Å²) < 4.78 is 45.3. The van der Waals surface area contributed by atoms with Crippen LogP contribution in [0, 0.1) is 11.8 Å². The number of fused-ring (bicyclic) bond motifs is 1. The summed E-state index contributed by atoms with van der Waals surface area (Å²) in [5, 5.41) is 5.11. The quantitative estimate of drug-likeness (QED) is 0.834. The van der Waals surface area contributed by atoms with Gasteiger partial charge in [-0.25, -0.2) is 4.98 Å². The van der Waals surface area contributed by atoms with Gasteiger partial charge in [-0.1, -0.05) is 11.6 Å². The topological polar surface area (TPSA) is 69.2 Å². The van der Waals surface area contributed by atoms with Crippen molar-refractivity contribution < 1.29 is 17.9 Å². The van der Waals surface area contributed by atoms with E-state index in [0.29, 0.717) is 31.3 Å². The molecule has 0 unspecified atom stereocenters. The summed E-state index contributed by atoms with van der Waals surface area (Å²) in [6.07, 6.45) is -2.51. The fourth-order valence-electron chi connectivity index (χ4n) is 4.48. The highest BCUT2D eigenvalue weighted by atomic mass is 35.5. The van der Waals surface area contributed by atoms with Gasteiger partial charge in [0.05, 0.1) is 36.5 Å². The molecule has 2 aromatic rings. The van der Waals surface area contributed by atoms with Crippen molar-refractivity contribution in [1.82, 2.24) is 19.7 Å². The highest BCUT2D eigenvalue weighted by molar-refractivity contribution is 6.33. The molecular weight excluding hydrogens is 395 g/mol. The molecule has 3 fully saturated rings. The summed E-state index contributed by atoms with van der Waals surface area (Å²) in [7, 11) is 0. The summed E-state index contributed by atoms with van der Waals surface area (Å²) in [6.45, 7) is 1.31. The van der Waals surface area contributed by atoms with Crippen molar-refractivity contribution in [2.75, 3.05) is 38.6 Å². The number of nitrogen functional groups attached to an aromatic ring is 1. The molecule has 10 heteroatoms. The Labute approximate surface area is 164 Å². The van der Waals surface area contributed by atoms with E-state index >= 15 is 0 Å². The summed E-state index contributed by atoms with van der Waals surface area (Å²) in [5.74, 6) is 1.00. The van der Waals surface area contributed by atoms with Gasteiger partial charge in [0.15, 0.2) is 0 Å². The first-order valence-corrected chi connectivity index (χ1v) is 9.55. The molecule has 0 aromatic carbocycles. The minimum Gasteiger partial charge on any atom is -0.382 e. The van der Waals surface area contributed by atoms with Gasteiger partial charge in [-0.15, -0.1) is 0 Å². The maximum absolute atomic E-state index is 12.6. The number of anilines is 1. The number of nitrogens with zero attached hydrogens (tertiary/aromatic N) is 4. The number of aromatic nitrogens is 3. The Morgan fingerprint density at radius 1 is 1.21 bits per heavy atom. The van der Waals surface area contributed by atoms with Crippen LogP contribution in [0.2, 0.25) is 5.02 Å². The molecule has 1 saturated carbocycles. The molecule has 0 radical (unpaired) electrons. The van der Waals surface area contributed by atoms with Crippen molar-refractivity contribution in [3.63, 3.8) is 0 Å². The van der Waals surface area contributed by atoms with Gasteiger partial charge in [-0.2, -0.15) is 18.3 Å². The lowest BCUT2D eigenvalue weighted by atomic mass is 10.1. The lowest BCUT2D eigenvalue weighted by Crippen LogP contribution is -2.35. The van der Waals surface area contributed by atoms with E-state index in [1.807, 2.05) is 10.7 Å². The first-order valence-electron chi connectivity index (χ1n) is 9.18. The Morgan fingerprint density at radius 3 is 2.50 bits per heavy atom. The Hall–Kier alpha value is -1.84. The first-order chi connectivity index (χ1) is 13.3. The van der Waals surface area contributed by atoms with Crippen molar-refractivity contribution >= 4 is 17.4 Å². The van der Waals surface area contributed by atoms with Gasteiger partial charge in [-0.05, 0) is 24.0 Å². The Bertz CT molecular complexity index is 901. The standard InChI is InChI=1S/C18H19ClF3N5O/c19-13-1-9(3-24-17(13)23)14-2-15(27(25-14)10-6-28-7-10)16-11-4-26(5-12(11)16)8-18(20,21)22/h1-3,10-12,16H,4-8H2,(H2,23,24)/t11-,12+,16-. The van der Waals surface area contributed by atoms with Gasteiger partial charge in [0.25, 0.3) is 0 Å². The van der Waals surface area contributed by atoms with Crippen LogP contribution in [0.4, 0.5) is 19.0 Å². The third kappa shape index (κ3) is 3.15. The van der Waals surface area contributed by atoms with E-state index in [1.165, 1.54) is 4.90 Å². The normalized spacial score (nSPS) is 27.6. The van der Waals surface area contributed by atoms with E-state index in [-0.39, 0.29) is 29.6 Å². The molecule has 5 rings (SSSR count). The molecule has 2 N–H and O–H groups in total. The second kappa shape index (κ2) is 6.33. The average Bonchev–Trinajstić information content (AvgIpc) is 2.91. The van der Waals surface area contributed by atoms with Crippen LogP contribution < -0.4 is 5.73 Å². The first kappa shape index (κ1) is 18.2. The van der Waals surface area contributed by atoms with Gasteiger partial charge in [0.2, 0.25) is 0 Å². The third-order valence-electron chi connectivity index (χ3n) is 5.91. The van der Waals surface area contributed by atoms with Crippen LogP contribution in [0.15, 0.2) is 18.3 Å². The second-order valence-electron chi connectivity index (χ2n) is 7.84. The summed E-state index contributed by atoms with van der Waals surface area (Å²) in [4.78, 5) is 5.60. The number of halogens is 4. The van der Waals surface area contributed by atoms with Gasteiger partial charge in [0.1, 0.15) is 5.82 Å². The van der Waals surface area contributed by atoms with Gasteiger partial charge in [-0.3, -0.25) is 9.58 Å². The van der Waals surface area contributed by atoms with E-state index in [4.69, 9.17) is 27.2 Å². The van der Waals surface area contributed by atoms with Crippen LogP contribution in [-0.2, 0) is 4.74 Å². The Balaban J connectivity index is 1.40. The van der Waals surface area contributed by atoms with E-state index in [9.17, 15) is 13.2 Å². The number of alkyl halides is 3. The highest BCUT2D eigenvalue weighted by Gasteiger charge is 2.58. The molecule has 4 heterocycles. The van der Waals surface area contributed by atoms with Crippen molar-refractivity contribution in [2.45, 2.75) is 18.1 Å². The zero-order valence-electron chi connectivity index (χ0n) is 14.9. The largest absolute Gasteiger partial charge is 0.401 e. The van der Waals surface area contributed by atoms with E-state index in [1.54, 1.807) is 12.3 Å². The lowest BCUT2D eigenvalue weighted by Gasteiger charge is -2.28. The molecule has 6 nitrogen and oxygen atoms in total. The predicted octanol–water partition coefficient (Wildman–Crippen LogP) is 2.96. The molecule has 1 aliphatic carbocycles. The predicted molar refractivity (Wildman–Crippen MR) is 97.0 cm³/mol. The fraction of sp³-hybridized carbons (Fsp3) is 0.556. The number of ether oxygens (including phenoxy) is 1. The molecule has 2 saturated heterocycles. The molecule has 3 atom stereocenters. The van der Waals surface area contributed by atoms with E-state index in [2.05, 4.69) is 4.98 Å². The average molecular weight is 414 g/mol. The van der Waals surface area contributed by atoms with Gasteiger partial charge < -0.3 is 10.5 Å².